The summed E-state index contributed by atoms with van der Waals surface area (Å²) in [6, 6.07) is 8.24. The van der Waals surface area contributed by atoms with Gasteiger partial charge in [-0.3, -0.25) is 4.79 Å². The van der Waals surface area contributed by atoms with Crippen molar-refractivity contribution in [3.63, 3.8) is 0 Å². The van der Waals surface area contributed by atoms with E-state index in [0.29, 0.717) is 12.0 Å². The predicted octanol–water partition coefficient (Wildman–Crippen LogP) is 3.94. The number of halogens is 1. The van der Waals surface area contributed by atoms with Crippen LogP contribution in [0.4, 0.5) is 0 Å². The lowest BCUT2D eigenvalue weighted by Gasteiger charge is -2.36. The molecule has 2 unspecified atom stereocenters. The van der Waals surface area contributed by atoms with Crippen LogP contribution in [-0.4, -0.2) is 23.9 Å². The van der Waals surface area contributed by atoms with Gasteiger partial charge in [0.2, 0.25) is 0 Å². The fourth-order valence-corrected chi connectivity index (χ4v) is 3.18. The van der Waals surface area contributed by atoms with E-state index in [1.165, 1.54) is 19.3 Å². The quantitative estimate of drug-likeness (QED) is 0.735. The van der Waals surface area contributed by atoms with E-state index in [4.69, 9.17) is 0 Å². The smallest absolute Gasteiger partial charge is 0.253 e. The van der Waals surface area contributed by atoms with E-state index >= 15 is 0 Å². The molecule has 1 saturated carbocycles. The average Bonchev–Trinajstić information content (AvgIpc) is 2.38. The van der Waals surface area contributed by atoms with E-state index < -0.39 is 0 Å². The third kappa shape index (κ3) is 3.05. The topological polar surface area (TPSA) is 20.3 Å². The molecule has 1 amide bonds. The van der Waals surface area contributed by atoms with Gasteiger partial charge in [0.15, 0.2) is 0 Å². The lowest BCUT2D eigenvalue weighted by atomic mass is 9.85. The minimum Gasteiger partial charge on any atom is -0.338 e. The van der Waals surface area contributed by atoms with Gasteiger partial charge in [-0.1, -0.05) is 19.8 Å². The van der Waals surface area contributed by atoms with Gasteiger partial charge in [-0.05, 0) is 65.6 Å². The molecule has 18 heavy (non-hydrogen) atoms. The number of benzene rings is 1. The van der Waals surface area contributed by atoms with E-state index in [1.54, 1.807) is 0 Å². The van der Waals surface area contributed by atoms with E-state index in [9.17, 15) is 4.79 Å². The Bertz CT molecular complexity index is 415. The first-order chi connectivity index (χ1) is 8.59. The van der Waals surface area contributed by atoms with Crippen molar-refractivity contribution in [3.8, 4) is 0 Å². The molecule has 3 heteroatoms. The number of carbonyl (C=O) groups is 1. The highest BCUT2D eigenvalue weighted by atomic mass is 127. The molecule has 1 aliphatic carbocycles. The molecule has 0 radical (unpaired) electrons. The minimum atomic E-state index is 0.158. The lowest BCUT2D eigenvalue weighted by Crippen LogP contribution is -2.42. The Kier molecular flexibility index (Phi) is 4.65. The zero-order chi connectivity index (χ0) is 13.1. The van der Waals surface area contributed by atoms with Gasteiger partial charge < -0.3 is 4.90 Å². The van der Waals surface area contributed by atoms with Crippen LogP contribution in [-0.2, 0) is 0 Å². The summed E-state index contributed by atoms with van der Waals surface area (Å²) in [7, 11) is 1.95. The van der Waals surface area contributed by atoms with Gasteiger partial charge in [0, 0.05) is 22.2 Å². The Hall–Kier alpha value is -0.580. The maximum absolute atomic E-state index is 12.4. The molecule has 2 nitrogen and oxygen atoms in total. The maximum Gasteiger partial charge on any atom is 0.253 e. The number of carbonyl (C=O) groups excluding carboxylic acids is 1. The van der Waals surface area contributed by atoms with Crippen LogP contribution in [0.5, 0.6) is 0 Å². The average molecular weight is 357 g/mol. The van der Waals surface area contributed by atoms with Crippen LogP contribution in [0.2, 0.25) is 0 Å². The molecule has 0 spiro atoms. The third-order valence-corrected chi connectivity index (χ3v) is 4.69. The zero-order valence-corrected chi connectivity index (χ0v) is 13.2. The fourth-order valence-electron chi connectivity index (χ4n) is 2.82. The molecule has 0 aliphatic heterocycles. The highest BCUT2D eigenvalue weighted by Crippen LogP contribution is 2.28. The second-order valence-corrected chi connectivity index (χ2v) is 6.50. The van der Waals surface area contributed by atoms with Crippen molar-refractivity contribution in [2.24, 2.45) is 5.92 Å². The van der Waals surface area contributed by atoms with Gasteiger partial charge in [-0.25, -0.2) is 0 Å². The summed E-state index contributed by atoms with van der Waals surface area (Å²) in [5.74, 6) is 0.779. The van der Waals surface area contributed by atoms with Gasteiger partial charge in [0.1, 0.15) is 0 Å². The fraction of sp³-hybridized carbons (Fsp3) is 0.533. The van der Waals surface area contributed by atoms with Gasteiger partial charge >= 0.3 is 0 Å². The molecule has 1 aliphatic rings. The monoisotopic (exact) mass is 357 g/mol. The highest BCUT2D eigenvalue weighted by Gasteiger charge is 2.28. The molecular weight excluding hydrogens is 337 g/mol. The summed E-state index contributed by atoms with van der Waals surface area (Å²) >= 11 is 2.26. The number of amides is 1. The summed E-state index contributed by atoms with van der Waals surface area (Å²) in [4.78, 5) is 14.4. The Morgan fingerprint density at radius 2 is 1.83 bits per heavy atom. The first-order valence-corrected chi connectivity index (χ1v) is 7.70. The van der Waals surface area contributed by atoms with Gasteiger partial charge in [0.25, 0.3) is 5.91 Å². The third-order valence-electron chi connectivity index (χ3n) is 3.98. The number of hydrogen-bond donors (Lipinski definition) is 0. The first-order valence-electron chi connectivity index (χ1n) is 6.62. The van der Waals surface area contributed by atoms with Crippen LogP contribution >= 0.6 is 22.6 Å². The Morgan fingerprint density at radius 3 is 2.44 bits per heavy atom. The molecule has 98 valence electrons. The molecule has 2 rings (SSSR count). The van der Waals surface area contributed by atoms with E-state index in [-0.39, 0.29) is 5.91 Å². The van der Waals surface area contributed by atoms with Gasteiger partial charge in [-0.2, -0.15) is 0 Å². The van der Waals surface area contributed by atoms with Crippen LogP contribution in [0.15, 0.2) is 24.3 Å². The highest BCUT2D eigenvalue weighted by molar-refractivity contribution is 14.1. The molecule has 0 saturated heterocycles. The molecule has 2 atom stereocenters. The Balaban J connectivity index is 2.10. The summed E-state index contributed by atoms with van der Waals surface area (Å²) in [5, 5.41) is 0. The van der Waals surface area contributed by atoms with Crippen molar-refractivity contribution in [3.05, 3.63) is 33.4 Å². The van der Waals surface area contributed by atoms with Crippen LogP contribution in [0.25, 0.3) is 0 Å². The second kappa shape index (κ2) is 6.04. The summed E-state index contributed by atoms with van der Waals surface area (Å²) in [5.41, 5.74) is 0.802. The van der Waals surface area contributed by atoms with E-state index in [1.807, 2.05) is 36.2 Å². The molecule has 1 aromatic rings. The minimum absolute atomic E-state index is 0.158. The summed E-state index contributed by atoms with van der Waals surface area (Å²) < 4.78 is 1.16. The largest absolute Gasteiger partial charge is 0.338 e. The van der Waals surface area contributed by atoms with E-state index in [2.05, 4.69) is 29.5 Å². The Labute approximate surface area is 123 Å². The maximum atomic E-state index is 12.4. The van der Waals surface area contributed by atoms with Crippen LogP contribution in [0, 0.1) is 9.49 Å². The lowest BCUT2D eigenvalue weighted by molar-refractivity contribution is 0.0629. The van der Waals surface area contributed by atoms with Crippen molar-refractivity contribution < 1.29 is 4.79 Å². The van der Waals surface area contributed by atoms with Crippen LogP contribution in [0.3, 0.4) is 0 Å². The molecule has 0 bridgehead atoms. The predicted molar refractivity (Wildman–Crippen MR) is 82.7 cm³/mol. The number of nitrogens with zero attached hydrogens (tertiary/aromatic N) is 1. The van der Waals surface area contributed by atoms with Gasteiger partial charge in [0.05, 0.1) is 0 Å². The van der Waals surface area contributed by atoms with Crippen molar-refractivity contribution in [2.75, 3.05) is 7.05 Å². The van der Waals surface area contributed by atoms with Crippen molar-refractivity contribution >= 4 is 28.5 Å². The van der Waals surface area contributed by atoms with Crippen LogP contribution < -0.4 is 0 Å². The molecule has 0 heterocycles. The normalized spacial score (nSPS) is 23.7. The number of hydrogen-bond acceptors (Lipinski definition) is 1. The molecular formula is C15H20INO. The second-order valence-electron chi connectivity index (χ2n) is 5.25. The summed E-state index contributed by atoms with van der Waals surface area (Å²) in [6.07, 6.45) is 4.95. The van der Waals surface area contributed by atoms with E-state index in [0.717, 1.165) is 15.6 Å². The van der Waals surface area contributed by atoms with Crippen molar-refractivity contribution in [1.82, 2.24) is 4.90 Å². The molecule has 0 N–H and O–H groups in total. The standard InChI is InChI=1S/C15H20INO/c1-11-5-3-4-6-14(11)17(2)15(18)12-7-9-13(16)10-8-12/h7-11,14H,3-6H2,1-2H3. The van der Waals surface area contributed by atoms with Crippen LogP contribution in [0.1, 0.15) is 43.0 Å². The Morgan fingerprint density at radius 1 is 1.22 bits per heavy atom. The molecule has 1 fully saturated rings. The number of rotatable bonds is 2. The molecule has 1 aromatic carbocycles. The van der Waals surface area contributed by atoms with Gasteiger partial charge in [-0.15, -0.1) is 0 Å². The van der Waals surface area contributed by atoms with Crippen molar-refractivity contribution in [2.45, 2.75) is 38.6 Å². The summed E-state index contributed by atoms with van der Waals surface area (Å²) in [6.45, 7) is 2.27. The molecule has 0 aromatic heterocycles. The van der Waals surface area contributed by atoms with Crippen molar-refractivity contribution in [1.29, 1.82) is 0 Å². The SMILES string of the molecule is CC1CCCCC1N(C)C(=O)c1ccc(I)cc1. The first kappa shape index (κ1) is 13.8. The zero-order valence-electron chi connectivity index (χ0n) is 11.0.